The predicted molar refractivity (Wildman–Crippen MR) is 94.3 cm³/mol. The van der Waals surface area contributed by atoms with Crippen LogP contribution in [-0.4, -0.2) is 45.4 Å². The molecule has 2 atom stereocenters. The minimum atomic E-state index is -0.979. The van der Waals surface area contributed by atoms with E-state index in [4.69, 9.17) is 4.74 Å². The van der Waals surface area contributed by atoms with Crippen molar-refractivity contribution in [2.75, 3.05) is 13.1 Å². The number of aromatic carboxylic acids is 1. The van der Waals surface area contributed by atoms with Crippen LogP contribution in [-0.2, 0) is 11.3 Å². The van der Waals surface area contributed by atoms with E-state index in [-0.39, 0.29) is 23.3 Å². The van der Waals surface area contributed by atoms with Crippen LogP contribution >= 0.6 is 0 Å². The third kappa shape index (κ3) is 4.08. The predicted octanol–water partition coefficient (Wildman–Crippen LogP) is 3.10. The van der Waals surface area contributed by atoms with Crippen LogP contribution in [0.1, 0.15) is 48.5 Å². The maximum absolute atomic E-state index is 11.3. The number of hydrogen-bond donors (Lipinski definition) is 2. The van der Waals surface area contributed by atoms with Crippen LogP contribution in [0.2, 0.25) is 0 Å². The molecule has 6 nitrogen and oxygen atoms in total. The van der Waals surface area contributed by atoms with Gasteiger partial charge >= 0.3 is 5.97 Å². The maximum atomic E-state index is 11.3. The second kappa shape index (κ2) is 6.98. The number of carboxylic acids is 1. The molecule has 2 aromatic rings. The first-order chi connectivity index (χ1) is 11.8. The van der Waals surface area contributed by atoms with Gasteiger partial charge in [-0.3, -0.25) is 10.00 Å². The van der Waals surface area contributed by atoms with Crippen molar-refractivity contribution in [2.45, 2.75) is 39.5 Å². The smallest absolute Gasteiger partial charge is 0.354 e. The number of aromatic nitrogens is 2. The molecule has 0 aliphatic carbocycles. The number of morpholine rings is 1. The zero-order valence-corrected chi connectivity index (χ0v) is 14.9. The third-order valence-corrected chi connectivity index (χ3v) is 4.64. The Kier molecular flexibility index (Phi) is 4.92. The minimum Gasteiger partial charge on any atom is -0.477 e. The number of hydrogen-bond acceptors (Lipinski definition) is 4. The Morgan fingerprint density at radius 3 is 2.68 bits per heavy atom. The molecule has 0 radical (unpaired) electrons. The first-order valence-electron chi connectivity index (χ1n) is 8.53. The van der Waals surface area contributed by atoms with Gasteiger partial charge in [-0.05, 0) is 11.0 Å². The van der Waals surface area contributed by atoms with Crippen LogP contribution in [0, 0.1) is 5.41 Å². The summed E-state index contributed by atoms with van der Waals surface area (Å²) in [4.78, 5) is 13.6. The van der Waals surface area contributed by atoms with Crippen molar-refractivity contribution in [2.24, 2.45) is 5.41 Å². The first-order valence-corrected chi connectivity index (χ1v) is 8.53. The lowest BCUT2D eigenvalue weighted by molar-refractivity contribution is -0.130. The van der Waals surface area contributed by atoms with Crippen molar-refractivity contribution < 1.29 is 14.6 Å². The van der Waals surface area contributed by atoms with Gasteiger partial charge in [-0.25, -0.2) is 4.79 Å². The molecule has 6 heteroatoms. The van der Waals surface area contributed by atoms with E-state index in [1.54, 1.807) is 6.20 Å². The van der Waals surface area contributed by atoms with Crippen molar-refractivity contribution in [3.8, 4) is 0 Å². The average molecular weight is 343 g/mol. The largest absolute Gasteiger partial charge is 0.477 e. The summed E-state index contributed by atoms with van der Waals surface area (Å²) < 4.78 is 6.38. The topological polar surface area (TPSA) is 78.5 Å². The zero-order valence-electron chi connectivity index (χ0n) is 14.9. The van der Waals surface area contributed by atoms with Crippen molar-refractivity contribution >= 4 is 5.97 Å². The Bertz CT molecular complexity index is 721. The molecule has 25 heavy (non-hydrogen) atoms. The lowest BCUT2D eigenvalue weighted by atomic mass is 9.87. The maximum Gasteiger partial charge on any atom is 0.354 e. The molecule has 0 unspecified atom stereocenters. The number of carbonyl (C=O) groups is 1. The fraction of sp³-hybridized carbons (Fsp3) is 0.474. The van der Waals surface area contributed by atoms with Gasteiger partial charge in [0.1, 0.15) is 5.69 Å². The van der Waals surface area contributed by atoms with Crippen molar-refractivity contribution in [1.82, 2.24) is 15.1 Å². The summed E-state index contributed by atoms with van der Waals surface area (Å²) in [6.07, 6.45) is 1.63. The minimum absolute atomic E-state index is 0.00226. The molecule has 0 saturated carbocycles. The molecule has 1 aromatic carbocycles. The number of nitrogens with zero attached hydrogens (tertiary/aromatic N) is 2. The van der Waals surface area contributed by atoms with E-state index < -0.39 is 5.97 Å². The van der Waals surface area contributed by atoms with E-state index in [0.717, 1.165) is 18.7 Å². The third-order valence-electron chi connectivity index (χ3n) is 4.64. The molecule has 2 N–H and O–H groups in total. The molecular weight excluding hydrogens is 318 g/mol. The molecule has 0 bridgehead atoms. The molecular formula is C19H25N3O3. The first kappa shape index (κ1) is 17.6. The number of aromatic amines is 1. The fourth-order valence-corrected chi connectivity index (χ4v) is 3.14. The normalized spacial score (nSPS) is 22.0. The monoisotopic (exact) mass is 343 g/mol. The summed E-state index contributed by atoms with van der Waals surface area (Å²) in [5, 5.41) is 15.7. The Balaban J connectivity index is 1.82. The van der Waals surface area contributed by atoms with E-state index >= 15 is 0 Å². The standard InChI is InChI=1S/C19H25N3O3/c1-19(2,3)16-12-22(10-14-9-20-21-17(14)18(23)24)11-15(25-16)13-7-5-4-6-8-13/h4-9,15-16H,10-12H2,1-3H3,(H,20,21)(H,23,24)/t15-,16+/m0/s1. The molecule has 1 aliphatic rings. The van der Waals surface area contributed by atoms with Gasteiger partial charge in [0.25, 0.3) is 0 Å². The van der Waals surface area contributed by atoms with Crippen LogP contribution < -0.4 is 0 Å². The highest BCUT2D eigenvalue weighted by molar-refractivity contribution is 5.86. The molecule has 0 spiro atoms. The second-order valence-corrected chi connectivity index (χ2v) is 7.66. The molecule has 1 saturated heterocycles. The number of benzene rings is 1. The number of carboxylic acid groups (broad SMARTS) is 1. The van der Waals surface area contributed by atoms with Crippen LogP contribution in [0.15, 0.2) is 36.5 Å². The van der Waals surface area contributed by atoms with Gasteiger partial charge in [0.05, 0.1) is 18.4 Å². The van der Waals surface area contributed by atoms with Crippen molar-refractivity contribution in [3.63, 3.8) is 0 Å². The Hall–Kier alpha value is -2.18. The summed E-state index contributed by atoms with van der Waals surface area (Å²) in [5.74, 6) is -0.979. The zero-order chi connectivity index (χ0) is 18.0. The molecule has 0 amide bonds. The lowest BCUT2D eigenvalue weighted by Crippen LogP contribution is -2.48. The van der Waals surface area contributed by atoms with Gasteiger partial charge in [0.15, 0.2) is 0 Å². The summed E-state index contributed by atoms with van der Waals surface area (Å²) in [7, 11) is 0. The number of nitrogens with one attached hydrogen (secondary N) is 1. The van der Waals surface area contributed by atoms with E-state index in [2.05, 4.69) is 48.0 Å². The molecule has 134 valence electrons. The highest BCUT2D eigenvalue weighted by atomic mass is 16.5. The quantitative estimate of drug-likeness (QED) is 0.892. The summed E-state index contributed by atoms with van der Waals surface area (Å²) >= 11 is 0. The molecule has 2 heterocycles. The number of ether oxygens (including phenoxy) is 1. The van der Waals surface area contributed by atoms with E-state index in [1.165, 1.54) is 0 Å². The molecule has 1 aliphatic heterocycles. The summed E-state index contributed by atoms with van der Waals surface area (Å²) in [6, 6.07) is 10.2. The summed E-state index contributed by atoms with van der Waals surface area (Å²) in [5.41, 5.74) is 2.01. The SMILES string of the molecule is CC(C)(C)[C@H]1CN(Cc2cn[nH]c2C(=O)O)C[C@@H](c2ccccc2)O1. The molecule has 1 aromatic heterocycles. The van der Waals surface area contributed by atoms with Crippen LogP contribution in [0.4, 0.5) is 0 Å². The highest BCUT2D eigenvalue weighted by Crippen LogP contribution is 2.34. The van der Waals surface area contributed by atoms with E-state index in [9.17, 15) is 9.90 Å². The summed E-state index contributed by atoms with van der Waals surface area (Å²) in [6.45, 7) is 8.53. The molecule has 3 rings (SSSR count). The fourth-order valence-electron chi connectivity index (χ4n) is 3.14. The average Bonchev–Trinajstić information content (AvgIpc) is 3.03. The number of H-pyrrole nitrogens is 1. The van der Waals surface area contributed by atoms with E-state index in [0.29, 0.717) is 12.1 Å². The van der Waals surface area contributed by atoms with E-state index in [1.807, 2.05) is 18.2 Å². The molecule has 1 fully saturated rings. The van der Waals surface area contributed by atoms with Gasteiger partial charge in [-0.15, -0.1) is 0 Å². The van der Waals surface area contributed by atoms with Crippen LogP contribution in [0.5, 0.6) is 0 Å². The van der Waals surface area contributed by atoms with Crippen LogP contribution in [0.3, 0.4) is 0 Å². The van der Waals surface area contributed by atoms with Gasteiger partial charge in [-0.1, -0.05) is 51.1 Å². The Morgan fingerprint density at radius 2 is 2.04 bits per heavy atom. The van der Waals surface area contributed by atoms with Crippen LogP contribution in [0.25, 0.3) is 0 Å². The Morgan fingerprint density at radius 1 is 1.32 bits per heavy atom. The highest BCUT2D eigenvalue weighted by Gasteiger charge is 2.36. The number of rotatable bonds is 4. The van der Waals surface area contributed by atoms with Gasteiger partial charge in [-0.2, -0.15) is 5.10 Å². The van der Waals surface area contributed by atoms with Gasteiger partial charge in [0.2, 0.25) is 0 Å². The van der Waals surface area contributed by atoms with Crippen molar-refractivity contribution in [3.05, 3.63) is 53.3 Å². The lowest BCUT2D eigenvalue weighted by Gasteiger charge is -2.43. The Labute approximate surface area is 147 Å². The van der Waals surface area contributed by atoms with Gasteiger partial charge in [0, 0.05) is 25.2 Å². The van der Waals surface area contributed by atoms with Gasteiger partial charge < -0.3 is 9.84 Å². The second-order valence-electron chi connectivity index (χ2n) is 7.66. The van der Waals surface area contributed by atoms with Crippen molar-refractivity contribution in [1.29, 1.82) is 0 Å².